The molecule has 0 saturated heterocycles. The first kappa shape index (κ1) is 18.5. The minimum atomic E-state index is 0.0775. The van der Waals surface area contributed by atoms with Crippen LogP contribution in [0.2, 0.25) is 0 Å². The molecular weight excluding hydrogens is 354 g/mol. The van der Waals surface area contributed by atoms with E-state index in [4.69, 9.17) is 9.47 Å². The lowest BCUT2D eigenvalue weighted by atomic mass is 9.99. The summed E-state index contributed by atoms with van der Waals surface area (Å²) in [7, 11) is 3.25. The number of ether oxygens (including phenoxy) is 2. The number of carbonyl (C=O) groups is 1. The van der Waals surface area contributed by atoms with Crippen molar-refractivity contribution in [1.29, 1.82) is 0 Å². The summed E-state index contributed by atoms with van der Waals surface area (Å²) in [4.78, 5) is 14.5. The second-order valence-corrected chi connectivity index (χ2v) is 7.27. The fourth-order valence-corrected chi connectivity index (χ4v) is 3.83. The molecule has 1 aromatic carbocycles. The van der Waals surface area contributed by atoms with Gasteiger partial charge in [0.1, 0.15) is 0 Å². The Bertz CT molecular complexity index is 793. The van der Waals surface area contributed by atoms with Crippen molar-refractivity contribution in [3.8, 4) is 11.5 Å². The Morgan fingerprint density at radius 1 is 1.23 bits per heavy atom. The zero-order valence-electron chi connectivity index (χ0n) is 15.4. The van der Waals surface area contributed by atoms with Gasteiger partial charge in [-0.15, -0.1) is 5.10 Å². The number of tetrazole rings is 1. The maximum atomic E-state index is 12.6. The number of aromatic nitrogens is 4. The monoisotopic (exact) mass is 377 g/mol. The van der Waals surface area contributed by atoms with Gasteiger partial charge in [-0.3, -0.25) is 4.79 Å². The molecule has 140 valence electrons. The van der Waals surface area contributed by atoms with E-state index in [0.717, 1.165) is 17.7 Å². The Labute approximate surface area is 156 Å². The van der Waals surface area contributed by atoms with Crippen molar-refractivity contribution in [3.63, 3.8) is 0 Å². The van der Waals surface area contributed by atoms with E-state index < -0.39 is 0 Å². The van der Waals surface area contributed by atoms with Crippen molar-refractivity contribution in [2.45, 2.75) is 38.0 Å². The summed E-state index contributed by atoms with van der Waals surface area (Å²) in [6, 6.07) is 4.12. The van der Waals surface area contributed by atoms with E-state index in [1.165, 1.54) is 17.3 Å². The first-order valence-corrected chi connectivity index (χ1v) is 9.44. The molecule has 2 heterocycles. The van der Waals surface area contributed by atoms with E-state index in [1.807, 2.05) is 30.9 Å². The molecule has 0 spiro atoms. The van der Waals surface area contributed by atoms with Crippen LogP contribution in [0, 0.1) is 0 Å². The van der Waals surface area contributed by atoms with Crippen LogP contribution >= 0.6 is 11.8 Å². The Balaban J connectivity index is 1.66. The summed E-state index contributed by atoms with van der Waals surface area (Å²) in [5.41, 5.74) is 2.29. The minimum Gasteiger partial charge on any atom is -0.493 e. The van der Waals surface area contributed by atoms with Crippen LogP contribution in [-0.4, -0.2) is 57.5 Å². The molecule has 0 aliphatic carbocycles. The highest BCUT2D eigenvalue weighted by Gasteiger charge is 2.23. The molecule has 0 atom stereocenters. The maximum Gasteiger partial charge on any atom is 0.233 e. The highest BCUT2D eigenvalue weighted by molar-refractivity contribution is 7.99. The van der Waals surface area contributed by atoms with E-state index in [2.05, 4.69) is 15.5 Å². The van der Waals surface area contributed by atoms with Gasteiger partial charge in [0.25, 0.3) is 0 Å². The van der Waals surface area contributed by atoms with Gasteiger partial charge in [-0.25, -0.2) is 4.68 Å². The van der Waals surface area contributed by atoms with Gasteiger partial charge in [0.05, 0.1) is 26.0 Å². The van der Waals surface area contributed by atoms with E-state index in [0.29, 0.717) is 29.7 Å². The van der Waals surface area contributed by atoms with E-state index in [1.54, 1.807) is 18.9 Å². The quantitative estimate of drug-likeness (QED) is 0.712. The molecule has 2 aromatic rings. The number of methoxy groups -OCH3 is 2. The summed E-state index contributed by atoms with van der Waals surface area (Å²) >= 11 is 1.37. The number of hydrogen-bond acceptors (Lipinski definition) is 7. The predicted molar refractivity (Wildman–Crippen MR) is 97.6 cm³/mol. The highest BCUT2D eigenvalue weighted by atomic mass is 32.2. The highest BCUT2D eigenvalue weighted by Crippen LogP contribution is 2.33. The van der Waals surface area contributed by atoms with Crippen LogP contribution in [0.25, 0.3) is 0 Å². The summed E-state index contributed by atoms with van der Waals surface area (Å²) in [6.45, 7) is 5.28. The van der Waals surface area contributed by atoms with Crippen LogP contribution in [0.3, 0.4) is 0 Å². The minimum absolute atomic E-state index is 0.0775. The SMILES string of the molecule is COc1cc2c(cc1OC)CN(C(=O)CSc1nnnn1C(C)C)CC2. The molecule has 0 fully saturated rings. The van der Waals surface area contributed by atoms with Crippen molar-refractivity contribution in [1.82, 2.24) is 25.1 Å². The third kappa shape index (κ3) is 3.77. The number of hydrogen-bond donors (Lipinski definition) is 0. The fraction of sp³-hybridized carbons (Fsp3) is 0.529. The summed E-state index contributed by atoms with van der Waals surface area (Å²) in [5.74, 6) is 1.80. The lowest BCUT2D eigenvalue weighted by Crippen LogP contribution is -2.37. The predicted octanol–water partition coefficient (Wildman–Crippen LogP) is 1.95. The lowest BCUT2D eigenvalue weighted by molar-refractivity contribution is -0.129. The topological polar surface area (TPSA) is 82.4 Å². The number of benzene rings is 1. The number of nitrogens with zero attached hydrogens (tertiary/aromatic N) is 5. The molecular formula is C17H23N5O3S. The van der Waals surface area contributed by atoms with Crippen molar-refractivity contribution < 1.29 is 14.3 Å². The third-order valence-corrected chi connectivity index (χ3v) is 5.27. The standard InChI is InChI=1S/C17H23N5O3S/c1-11(2)22-17(18-19-20-22)26-10-16(23)21-6-5-12-7-14(24-3)15(25-4)8-13(12)9-21/h7-8,11H,5-6,9-10H2,1-4H3. The summed E-state index contributed by atoms with van der Waals surface area (Å²) in [6.07, 6.45) is 0.801. The zero-order chi connectivity index (χ0) is 18.7. The molecule has 26 heavy (non-hydrogen) atoms. The Kier molecular flexibility index (Phi) is 5.65. The average molecular weight is 377 g/mol. The molecule has 1 amide bonds. The third-order valence-electron chi connectivity index (χ3n) is 4.35. The Hall–Kier alpha value is -2.29. The van der Waals surface area contributed by atoms with Crippen molar-refractivity contribution in [2.75, 3.05) is 26.5 Å². The molecule has 1 aliphatic rings. The van der Waals surface area contributed by atoms with Crippen LogP contribution in [0.1, 0.15) is 31.0 Å². The molecule has 3 rings (SSSR count). The van der Waals surface area contributed by atoms with Gasteiger partial charge in [0, 0.05) is 13.1 Å². The molecule has 0 unspecified atom stereocenters. The fourth-order valence-electron chi connectivity index (χ4n) is 2.92. The molecule has 0 bridgehead atoms. The van der Waals surface area contributed by atoms with Crippen LogP contribution in [0.5, 0.6) is 11.5 Å². The smallest absolute Gasteiger partial charge is 0.233 e. The second kappa shape index (κ2) is 7.94. The van der Waals surface area contributed by atoms with Crippen molar-refractivity contribution in [2.24, 2.45) is 0 Å². The van der Waals surface area contributed by atoms with Crippen LogP contribution in [-0.2, 0) is 17.8 Å². The van der Waals surface area contributed by atoms with Gasteiger partial charge < -0.3 is 14.4 Å². The van der Waals surface area contributed by atoms with Gasteiger partial charge in [-0.05, 0) is 54.0 Å². The van der Waals surface area contributed by atoms with Crippen LogP contribution in [0.4, 0.5) is 0 Å². The number of carbonyl (C=O) groups excluding carboxylic acids is 1. The van der Waals surface area contributed by atoms with Crippen molar-refractivity contribution >= 4 is 17.7 Å². The number of thioether (sulfide) groups is 1. The maximum absolute atomic E-state index is 12.6. The Morgan fingerprint density at radius 3 is 2.58 bits per heavy atom. The lowest BCUT2D eigenvalue weighted by Gasteiger charge is -2.29. The number of fused-ring (bicyclic) bond motifs is 1. The second-order valence-electron chi connectivity index (χ2n) is 6.33. The van der Waals surface area contributed by atoms with E-state index in [-0.39, 0.29) is 11.9 Å². The zero-order valence-corrected chi connectivity index (χ0v) is 16.2. The first-order chi connectivity index (χ1) is 12.5. The summed E-state index contributed by atoms with van der Waals surface area (Å²) in [5, 5.41) is 12.3. The molecule has 9 heteroatoms. The largest absolute Gasteiger partial charge is 0.493 e. The molecule has 8 nitrogen and oxygen atoms in total. The van der Waals surface area contributed by atoms with E-state index in [9.17, 15) is 4.79 Å². The van der Waals surface area contributed by atoms with Crippen LogP contribution < -0.4 is 9.47 Å². The van der Waals surface area contributed by atoms with Gasteiger partial charge in [0.2, 0.25) is 11.1 Å². The van der Waals surface area contributed by atoms with Crippen molar-refractivity contribution in [3.05, 3.63) is 23.3 Å². The molecule has 0 radical (unpaired) electrons. The molecule has 1 aliphatic heterocycles. The van der Waals surface area contributed by atoms with Gasteiger partial charge >= 0.3 is 0 Å². The first-order valence-electron chi connectivity index (χ1n) is 8.45. The molecule has 1 aromatic heterocycles. The normalized spacial score (nSPS) is 13.7. The number of rotatable bonds is 6. The molecule has 0 N–H and O–H groups in total. The van der Waals surface area contributed by atoms with Gasteiger partial charge in [-0.1, -0.05) is 11.8 Å². The average Bonchev–Trinajstić information content (AvgIpc) is 3.13. The molecule has 0 saturated carbocycles. The number of amides is 1. The van der Waals surface area contributed by atoms with E-state index >= 15 is 0 Å². The summed E-state index contributed by atoms with van der Waals surface area (Å²) < 4.78 is 12.5. The Morgan fingerprint density at radius 2 is 1.92 bits per heavy atom. The van der Waals surface area contributed by atoms with Gasteiger partial charge in [0.15, 0.2) is 11.5 Å². The van der Waals surface area contributed by atoms with Crippen LogP contribution in [0.15, 0.2) is 17.3 Å². The van der Waals surface area contributed by atoms with Gasteiger partial charge in [-0.2, -0.15) is 0 Å².